The summed E-state index contributed by atoms with van der Waals surface area (Å²) in [6, 6.07) is 13.1. The van der Waals surface area contributed by atoms with Crippen molar-refractivity contribution in [3.05, 3.63) is 96.3 Å². The van der Waals surface area contributed by atoms with Gasteiger partial charge in [0.25, 0.3) is 10.0 Å². The maximum absolute atomic E-state index is 13.3. The van der Waals surface area contributed by atoms with Gasteiger partial charge in [0.05, 0.1) is 16.7 Å². The van der Waals surface area contributed by atoms with E-state index in [4.69, 9.17) is 4.74 Å². The summed E-state index contributed by atoms with van der Waals surface area (Å²) in [6.07, 6.45) is -1.07. The average Bonchev–Trinajstić information content (AvgIpc) is 2.84. The van der Waals surface area contributed by atoms with Gasteiger partial charge in [0.15, 0.2) is 5.82 Å². The molecule has 4 aromatic rings. The Morgan fingerprint density at radius 3 is 2.29 bits per heavy atom. The number of nitrogens with zero attached hydrogens (tertiary/aromatic N) is 3. The number of anilines is 1. The molecule has 0 saturated heterocycles. The molecule has 4 rings (SSSR count). The van der Waals surface area contributed by atoms with Gasteiger partial charge in [0, 0.05) is 18.0 Å². The van der Waals surface area contributed by atoms with Gasteiger partial charge in [-0.3, -0.25) is 9.71 Å². The van der Waals surface area contributed by atoms with E-state index in [1.807, 2.05) is 0 Å². The molecule has 12 heteroatoms. The first kappa shape index (κ1) is 24.1. The van der Waals surface area contributed by atoms with E-state index in [1.54, 1.807) is 24.3 Å². The minimum absolute atomic E-state index is 0.121. The van der Waals surface area contributed by atoms with Gasteiger partial charge in [-0.2, -0.15) is 17.6 Å². The Bertz CT molecular complexity index is 1430. The third-order valence-corrected chi connectivity index (χ3v) is 6.14. The molecule has 180 valence electrons. The summed E-state index contributed by atoms with van der Waals surface area (Å²) >= 11 is 0. The second kappa shape index (κ2) is 9.66. The summed E-state index contributed by atoms with van der Waals surface area (Å²) in [5, 5.41) is 0. The van der Waals surface area contributed by atoms with Crippen molar-refractivity contribution >= 4 is 15.8 Å². The van der Waals surface area contributed by atoms with E-state index >= 15 is 0 Å². The summed E-state index contributed by atoms with van der Waals surface area (Å²) in [7, 11) is -4.63. The van der Waals surface area contributed by atoms with E-state index in [0.717, 1.165) is 17.7 Å². The lowest BCUT2D eigenvalue weighted by molar-refractivity contribution is -0.139. The number of nitrogens with one attached hydrogen (secondary N) is 1. The molecule has 0 atom stereocenters. The zero-order valence-electron chi connectivity index (χ0n) is 17.7. The lowest BCUT2D eigenvalue weighted by Gasteiger charge is -2.15. The van der Waals surface area contributed by atoms with Gasteiger partial charge in [-0.25, -0.2) is 18.4 Å². The normalized spacial score (nSPS) is 11.8. The fourth-order valence-electron chi connectivity index (χ4n) is 3.11. The Labute approximate surface area is 197 Å². The van der Waals surface area contributed by atoms with Crippen LogP contribution in [0.3, 0.4) is 0 Å². The minimum atomic E-state index is -4.86. The highest BCUT2D eigenvalue weighted by molar-refractivity contribution is 7.92. The molecule has 2 heterocycles. The van der Waals surface area contributed by atoms with E-state index in [0.29, 0.717) is 17.4 Å². The molecule has 2 aromatic heterocycles. The van der Waals surface area contributed by atoms with Crippen LogP contribution in [0.2, 0.25) is 0 Å². The van der Waals surface area contributed by atoms with Crippen LogP contribution in [-0.4, -0.2) is 23.4 Å². The first-order chi connectivity index (χ1) is 16.6. The summed E-state index contributed by atoms with van der Waals surface area (Å²) in [6.45, 7) is 0.155. The Balaban J connectivity index is 1.56. The Hall–Kier alpha value is -4.06. The molecule has 0 radical (unpaired) electrons. The van der Waals surface area contributed by atoms with Gasteiger partial charge in [-0.15, -0.1) is 0 Å². The van der Waals surface area contributed by atoms with Crippen LogP contribution >= 0.6 is 0 Å². The maximum Gasteiger partial charge on any atom is 0.417 e. The lowest BCUT2D eigenvalue weighted by Crippen LogP contribution is -2.20. The number of rotatable bonds is 7. The molecule has 0 aliphatic rings. The van der Waals surface area contributed by atoms with Crippen LogP contribution in [-0.2, 0) is 22.8 Å². The van der Waals surface area contributed by atoms with Gasteiger partial charge in [0.1, 0.15) is 18.1 Å². The number of ether oxygens (including phenoxy) is 1. The molecule has 0 bridgehead atoms. The summed E-state index contributed by atoms with van der Waals surface area (Å²) in [4.78, 5) is 10.7. The smallest absolute Gasteiger partial charge is 0.417 e. The molecule has 0 amide bonds. The number of alkyl halides is 3. The van der Waals surface area contributed by atoms with Crippen molar-refractivity contribution in [1.29, 1.82) is 0 Å². The van der Waals surface area contributed by atoms with Crippen molar-refractivity contribution in [1.82, 2.24) is 15.0 Å². The van der Waals surface area contributed by atoms with E-state index < -0.39 is 32.6 Å². The van der Waals surface area contributed by atoms with E-state index in [2.05, 4.69) is 19.7 Å². The van der Waals surface area contributed by atoms with Crippen LogP contribution in [0.1, 0.15) is 11.1 Å². The standard InChI is InChI=1S/C23H16F4N4O3S/c24-20-10-9-17(13-30-20)34-14-15-5-7-16(8-6-15)21-22(29-12-11-28-21)31-35(32,33)19-4-2-1-3-18(19)23(25,26)27/h1-13H,14H2,(H,29,31). The molecule has 7 nitrogen and oxygen atoms in total. The Morgan fingerprint density at radius 1 is 0.886 bits per heavy atom. The van der Waals surface area contributed by atoms with E-state index in [9.17, 15) is 26.0 Å². The molecular formula is C23H16F4N4O3S. The third-order valence-electron chi connectivity index (χ3n) is 4.74. The third kappa shape index (κ3) is 5.72. The van der Waals surface area contributed by atoms with E-state index in [1.165, 1.54) is 36.8 Å². The molecule has 0 aliphatic carbocycles. The van der Waals surface area contributed by atoms with Crippen molar-refractivity contribution in [3.8, 4) is 17.0 Å². The topological polar surface area (TPSA) is 94.1 Å². The predicted octanol–water partition coefficient (Wildman–Crippen LogP) is 5.08. The highest BCUT2D eigenvalue weighted by Crippen LogP contribution is 2.35. The zero-order chi connectivity index (χ0) is 25.1. The van der Waals surface area contributed by atoms with Crippen LogP contribution in [0.5, 0.6) is 5.75 Å². The molecule has 0 saturated carbocycles. The van der Waals surface area contributed by atoms with Crippen LogP contribution in [0.25, 0.3) is 11.3 Å². The van der Waals surface area contributed by atoms with Crippen LogP contribution in [0, 0.1) is 5.95 Å². The molecule has 1 N–H and O–H groups in total. The number of pyridine rings is 1. The SMILES string of the molecule is O=S(=O)(Nc1nccnc1-c1ccc(COc2ccc(F)nc2)cc1)c1ccccc1C(F)(F)F. The zero-order valence-corrected chi connectivity index (χ0v) is 18.5. The largest absolute Gasteiger partial charge is 0.487 e. The summed E-state index contributed by atoms with van der Waals surface area (Å²) in [5.41, 5.74) is 0.0321. The number of aromatic nitrogens is 3. The summed E-state index contributed by atoms with van der Waals surface area (Å²) in [5.74, 6) is -0.481. The lowest BCUT2D eigenvalue weighted by atomic mass is 10.1. The molecule has 35 heavy (non-hydrogen) atoms. The molecule has 0 spiro atoms. The van der Waals surface area contributed by atoms with Crippen LogP contribution in [0.15, 0.2) is 84.1 Å². The monoisotopic (exact) mass is 504 g/mol. The molecule has 0 fully saturated rings. The Morgan fingerprint density at radius 2 is 1.60 bits per heavy atom. The summed E-state index contributed by atoms with van der Waals surface area (Å²) < 4.78 is 86.2. The number of halogens is 4. The van der Waals surface area contributed by atoms with Crippen molar-refractivity contribution in [3.63, 3.8) is 0 Å². The highest BCUT2D eigenvalue weighted by atomic mass is 32.2. The molecule has 2 aromatic carbocycles. The second-order valence-electron chi connectivity index (χ2n) is 7.16. The van der Waals surface area contributed by atoms with Gasteiger partial charge in [0.2, 0.25) is 5.95 Å². The van der Waals surface area contributed by atoms with Crippen LogP contribution in [0.4, 0.5) is 23.4 Å². The van der Waals surface area contributed by atoms with E-state index in [-0.39, 0.29) is 18.1 Å². The van der Waals surface area contributed by atoms with Crippen molar-refractivity contribution in [2.24, 2.45) is 0 Å². The quantitative estimate of drug-likeness (QED) is 0.279. The number of benzene rings is 2. The van der Waals surface area contributed by atoms with Crippen molar-refractivity contribution in [2.75, 3.05) is 4.72 Å². The van der Waals surface area contributed by atoms with Gasteiger partial charge >= 0.3 is 6.18 Å². The minimum Gasteiger partial charge on any atom is -0.487 e. The molecular weight excluding hydrogens is 488 g/mol. The fraction of sp³-hybridized carbons (Fsp3) is 0.0870. The van der Waals surface area contributed by atoms with Crippen molar-refractivity contribution < 1.29 is 30.7 Å². The molecule has 0 unspecified atom stereocenters. The van der Waals surface area contributed by atoms with Gasteiger partial charge in [-0.05, 0) is 29.8 Å². The second-order valence-corrected chi connectivity index (χ2v) is 8.81. The van der Waals surface area contributed by atoms with Crippen LogP contribution < -0.4 is 9.46 Å². The number of hydrogen-bond acceptors (Lipinski definition) is 6. The first-order valence-electron chi connectivity index (χ1n) is 9.97. The first-order valence-corrected chi connectivity index (χ1v) is 11.5. The predicted molar refractivity (Wildman–Crippen MR) is 118 cm³/mol. The average molecular weight is 504 g/mol. The molecule has 0 aliphatic heterocycles. The van der Waals surface area contributed by atoms with Crippen molar-refractivity contribution in [2.45, 2.75) is 17.7 Å². The fourth-order valence-corrected chi connectivity index (χ4v) is 4.36. The maximum atomic E-state index is 13.3. The highest BCUT2D eigenvalue weighted by Gasteiger charge is 2.37. The van der Waals surface area contributed by atoms with Gasteiger partial charge < -0.3 is 4.74 Å². The number of hydrogen-bond donors (Lipinski definition) is 1. The Kier molecular flexibility index (Phi) is 6.65. The van der Waals surface area contributed by atoms with Gasteiger partial charge in [-0.1, -0.05) is 36.4 Å². The number of sulfonamides is 1.